The Bertz CT molecular complexity index is 780. The van der Waals surface area contributed by atoms with Crippen LogP contribution in [0.2, 0.25) is 0 Å². The highest BCUT2D eigenvalue weighted by molar-refractivity contribution is 5.57. The fraction of sp³-hybridized carbons (Fsp3) is 0.294. The third-order valence-corrected chi connectivity index (χ3v) is 4.64. The van der Waals surface area contributed by atoms with Crippen molar-refractivity contribution in [3.63, 3.8) is 0 Å². The van der Waals surface area contributed by atoms with Crippen molar-refractivity contribution in [1.82, 2.24) is 0 Å². The summed E-state index contributed by atoms with van der Waals surface area (Å²) in [6, 6.07) is 11.2. The number of ether oxygens (including phenoxy) is 1. The van der Waals surface area contributed by atoms with Crippen molar-refractivity contribution in [2.24, 2.45) is 5.92 Å². The molecule has 23 heavy (non-hydrogen) atoms. The van der Waals surface area contributed by atoms with Crippen molar-refractivity contribution in [1.29, 1.82) is 0 Å². The van der Waals surface area contributed by atoms with E-state index in [-0.39, 0.29) is 29.6 Å². The molecule has 1 saturated heterocycles. The first-order valence-corrected chi connectivity index (χ1v) is 7.55. The summed E-state index contributed by atoms with van der Waals surface area (Å²) in [5, 5.41) is 14.4. The maximum atomic E-state index is 13.6. The molecule has 0 saturated carbocycles. The number of halogens is 1. The van der Waals surface area contributed by atoms with Crippen LogP contribution in [0, 0.1) is 21.8 Å². The minimum Gasteiger partial charge on any atom is -0.378 e. The van der Waals surface area contributed by atoms with Gasteiger partial charge in [0.1, 0.15) is 5.82 Å². The third kappa shape index (κ3) is 2.35. The molecule has 5 nitrogen and oxygen atoms in total. The van der Waals surface area contributed by atoms with Gasteiger partial charge < -0.3 is 10.1 Å². The van der Waals surface area contributed by atoms with Crippen molar-refractivity contribution in [2.45, 2.75) is 18.6 Å². The van der Waals surface area contributed by atoms with Gasteiger partial charge in [-0.3, -0.25) is 10.1 Å². The van der Waals surface area contributed by atoms with Gasteiger partial charge in [0, 0.05) is 35.9 Å². The summed E-state index contributed by atoms with van der Waals surface area (Å²) in [5.74, 6) is -0.153. The topological polar surface area (TPSA) is 64.4 Å². The van der Waals surface area contributed by atoms with E-state index in [2.05, 4.69) is 5.32 Å². The van der Waals surface area contributed by atoms with E-state index in [0.717, 1.165) is 23.2 Å². The zero-order valence-electron chi connectivity index (χ0n) is 12.2. The summed E-state index contributed by atoms with van der Waals surface area (Å²) in [4.78, 5) is 10.6. The minimum atomic E-state index is -0.391. The molecule has 0 radical (unpaired) electrons. The summed E-state index contributed by atoms with van der Waals surface area (Å²) in [6.45, 7) is 0.610. The summed E-state index contributed by atoms with van der Waals surface area (Å²) in [6.07, 6.45) is 0.660. The molecule has 2 aliphatic heterocycles. The highest BCUT2D eigenvalue weighted by Crippen LogP contribution is 2.50. The molecular formula is C17H15FN2O3. The SMILES string of the molecule is O=[N+]([O-])c1cccc([C@@H]2Nc3ccc(F)cc3[C@@H]3OCC[C@H]23)c1. The molecule has 6 heteroatoms. The average Bonchev–Trinajstić information content (AvgIpc) is 3.04. The summed E-state index contributed by atoms with van der Waals surface area (Å²) < 4.78 is 19.4. The molecule has 2 aromatic carbocycles. The monoisotopic (exact) mass is 314 g/mol. The van der Waals surface area contributed by atoms with E-state index in [9.17, 15) is 14.5 Å². The van der Waals surface area contributed by atoms with Crippen LogP contribution in [0.5, 0.6) is 0 Å². The first kappa shape index (κ1) is 14.1. The molecule has 1 N–H and O–H groups in total. The second-order valence-electron chi connectivity index (χ2n) is 5.95. The number of nitrogens with one attached hydrogen (secondary N) is 1. The molecule has 0 aromatic heterocycles. The Hall–Kier alpha value is -2.47. The molecule has 0 aliphatic carbocycles. The highest BCUT2D eigenvalue weighted by atomic mass is 19.1. The third-order valence-electron chi connectivity index (χ3n) is 4.64. The van der Waals surface area contributed by atoms with E-state index < -0.39 is 4.92 Å². The van der Waals surface area contributed by atoms with Gasteiger partial charge in [-0.15, -0.1) is 0 Å². The van der Waals surface area contributed by atoms with E-state index in [1.54, 1.807) is 18.2 Å². The molecule has 2 heterocycles. The van der Waals surface area contributed by atoms with Gasteiger partial charge >= 0.3 is 0 Å². The summed E-state index contributed by atoms with van der Waals surface area (Å²) in [7, 11) is 0. The van der Waals surface area contributed by atoms with E-state index in [4.69, 9.17) is 4.74 Å². The fourth-order valence-electron chi connectivity index (χ4n) is 3.61. The number of anilines is 1. The fourth-order valence-corrected chi connectivity index (χ4v) is 3.61. The lowest BCUT2D eigenvalue weighted by molar-refractivity contribution is -0.384. The molecule has 0 spiro atoms. The Morgan fingerprint density at radius 3 is 2.96 bits per heavy atom. The normalized spacial score (nSPS) is 25.3. The van der Waals surface area contributed by atoms with Crippen molar-refractivity contribution in [2.75, 3.05) is 11.9 Å². The first-order chi connectivity index (χ1) is 11.1. The molecule has 0 bridgehead atoms. The Balaban J connectivity index is 1.77. The maximum Gasteiger partial charge on any atom is 0.269 e. The van der Waals surface area contributed by atoms with Crippen LogP contribution in [0.25, 0.3) is 0 Å². The smallest absolute Gasteiger partial charge is 0.269 e. The summed E-state index contributed by atoms with van der Waals surface area (Å²) >= 11 is 0. The van der Waals surface area contributed by atoms with Crippen molar-refractivity contribution >= 4 is 11.4 Å². The van der Waals surface area contributed by atoms with E-state index in [1.807, 2.05) is 6.07 Å². The lowest BCUT2D eigenvalue weighted by atomic mass is 9.81. The predicted octanol–water partition coefficient (Wildman–Crippen LogP) is 3.98. The van der Waals surface area contributed by atoms with Gasteiger partial charge in [-0.2, -0.15) is 0 Å². The van der Waals surface area contributed by atoms with Gasteiger partial charge in [0.05, 0.1) is 17.1 Å². The summed E-state index contributed by atoms with van der Waals surface area (Å²) in [5.41, 5.74) is 2.58. The van der Waals surface area contributed by atoms with Gasteiger partial charge in [0.25, 0.3) is 5.69 Å². The molecule has 118 valence electrons. The van der Waals surface area contributed by atoms with Crippen LogP contribution in [0.15, 0.2) is 42.5 Å². The Morgan fingerprint density at radius 1 is 1.26 bits per heavy atom. The van der Waals surface area contributed by atoms with Crippen LogP contribution in [0.4, 0.5) is 15.8 Å². The van der Waals surface area contributed by atoms with Crippen LogP contribution >= 0.6 is 0 Å². The quantitative estimate of drug-likeness (QED) is 0.672. The molecule has 0 unspecified atom stereocenters. The predicted molar refractivity (Wildman–Crippen MR) is 82.7 cm³/mol. The number of benzene rings is 2. The molecule has 2 aliphatic rings. The number of fused-ring (bicyclic) bond motifs is 3. The van der Waals surface area contributed by atoms with Crippen molar-refractivity contribution < 1.29 is 14.1 Å². The zero-order chi connectivity index (χ0) is 16.0. The minimum absolute atomic E-state index is 0.0738. The second-order valence-corrected chi connectivity index (χ2v) is 5.95. The van der Waals surface area contributed by atoms with Crippen LogP contribution < -0.4 is 5.32 Å². The van der Waals surface area contributed by atoms with Gasteiger partial charge in [0.2, 0.25) is 0 Å². The van der Waals surface area contributed by atoms with E-state index in [1.165, 1.54) is 18.2 Å². The molecule has 0 amide bonds. The Labute approximate surface area is 132 Å². The maximum absolute atomic E-state index is 13.6. The highest BCUT2D eigenvalue weighted by Gasteiger charge is 2.41. The molecular weight excluding hydrogens is 299 g/mol. The number of hydrogen-bond acceptors (Lipinski definition) is 4. The molecule has 1 fully saturated rings. The lowest BCUT2D eigenvalue weighted by Gasteiger charge is -2.36. The number of non-ortho nitro benzene ring substituents is 1. The van der Waals surface area contributed by atoms with E-state index in [0.29, 0.717) is 6.61 Å². The zero-order valence-corrected chi connectivity index (χ0v) is 12.2. The number of hydrogen-bond donors (Lipinski definition) is 1. The van der Waals surface area contributed by atoms with Gasteiger partial charge in [-0.1, -0.05) is 12.1 Å². The van der Waals surface area contributed by atoms with Crippen molar-refractivity contribution in [3.8, 4) is 0 Å². The van der Waals surface area contributed by atoms with Gasteiger partial charge in [-0.25, -0.2) is 4.39 Å². The van der Waals surface area contributed by atoms with Crippen LogP contribution in [-0.4, -0.2) is 11.5 Å². The molecule has 3 atom stereocenters. The number of nitrogens with zero attached hydrogens (tertiary/aromatic N) is 1. The average molecular weight is 314 g/mol. The van der Waals surface area contributed by atoms with Crippen LogP contribution in [-0.2, 0) is 4.74 Å². The number of rotatable bonds is 2. The standard InChI is InChI=1S/C17H15FN2O3/c18-11-4-5-15-14(9-11)17-13(6-7-23-17)16(19-15)10-2-1-3-12(8-10)20(21)22/h1-5,8-9,13,16-17,19H,6-7H2/t13-,16+,17-/m1/s1. The van der Waals surface area contributed by atoms with E-state index >= 15 is 0 Å². The molecule has 4 rings (SSSR count). The number of nitro benzene ring substituents is 1. The van der Waals surface area contributed by atoms with Crippen LogP contribution in [0.1, 0.15) is 29.7 Å². The first-order valence-electron chi connectivity index (χ1n) is 7.55. The molecule has 2 aromatic rings. The largest absolute Gasteiger partial charge is 0.378 e. The van der Waals surface area contributed by atoms with Gasteiger partial charge in [0.15, 0.2) is 0 Å². The number of nitro groups is 1. The van der Waals surface area contributed by atoms with Crippen molar-refractivity contribution in [3.05, 3.63) is 69.5 Å². The second kappa shape index (κ2) is 5.31. The Morgan fingerprint density at radius 2 is 2.13 bits per heavy atom. The lowest BCUT2D eigenvalue weighted by Crippen LogP contribution is -2.29. The Kier molecular flexibility index (Phi) is 3.27. The van der Waals surface area contributed by atoms with Crippen LogP contribution in [0.3, 0.4) is 0 Å². The van der Waals surface area contributed by atoms with Gasteiger partial charge in [-0.05, 0) is 30.2 Å².